The molecule has 0 aromatic rings. The number of carbonyl (C=O) groups is 3. The lowest BCUT2D eigenvalue weighted by Gasteiger charge is -2.29. The van der Waals surface area contributed by atoms with Crippen LogP contribution >= 0.6 is 0 Å². The Bertz CT molecular complexity index is 444. The molecule has 3 unspecified atom stereocenters. The smallest absolute Gasteiger partial charge is 0.322 e. The van der Waals surface area contributed by atoms with Gasteiger partial charge in [0.2, 0.25) is 0 Å². The highest BCUT2D eigenvalue weighted by Gasteiger charge is 2.63. The van der Waals surface area contributed by atoms with Crippen LogP contribution in [0.4, 0.5) is 4.79 Å². The first-order valence-corrected chi connectivity index (χ1v) is 6.89. The van der Waals surface area contributed by atoms with Crippen LogP contribution in [-0.2, 0) is 9.59 Å². The maximum atomic E-state index is 12.2. The first-order valence-electron chi connectivity index (χ1n) is 6.89. The second-order valence-corrected chi connectivity index (χ2v) is 6.02. The summed E-state index contributed by atoms with van der Waals surface area (Å²) < 4.78 is 0. The molecule has 6 nitrogen and oxygen atoms in total. The Labute approximate surface area is 110 Å². The van der Waals surface area contributed by atoms with Gasteiger partial charge in [0, 0.05) is 5.92 Å². The Morgan fingerprint density at radius 2 is 2.00 bits per heavy atom. The average molecular weight is 266 g/mol. The molecule has 3 amide bonds. The quantitative estimate of drug-likeness (QED) is 0.658. The molecular weight excluding hydrogens is 248 g/mol. The van der Waals surface area contributed by atoms with Crippen LogP contribution in [0.3, 0.4) is 0 Å². The van der Waals surface area contributed by atoms with Gasteiger partial charge in [-0.25, -0.2) is 4.79 Å². The standard InChI is InChI=1S/C13H18N2O4/c16-10(17)8-5-9(8)13(6-7-3-1-2-4-7)11(18)14-12(19)15-13/h7-9H,1-6H2,(H,16,17)(H2,14,15,18,19). The van der Waals surface area contributed by atoms with E-state index in [-0.39, 0.29) is 11.8 Å². The van der Waals surface area contributed by atoms with Crippen LogP contribution in [-0.4, -0.2) is 28.6 Å². The number of hydrogen-bond acceptors (Lipinski definition) is 3. The summed E-state index contributed by atoms with van der Waals surface area (Å²) in [4.78, 5) is 34.7. The lowest BCUT2D eigenvalue weighted by Crippen LogP contribution is -2.51. The van der Waals surface area contributed by atoms with Crippen molar-refractivity contribution in [3.8, 4) is 0 Å². The monoisotopic (exact) mass is 266 g/mol. The van der Waals surface area contributed by atoms with Gasteiger partial charge in [-0.1, -0.05) is 25.7 Å². The molecule has 2 saturated carbocycles. The molecule has 1 heterocycles. The Hall–Kier alpha value is -1.59. The van der Waals surface area contributed by atoms with E-state index in [4.69, 9.17) is 5.11 Å². The lowest BCUT2D eigenvalue weighted by atomic mass is 9.81. The summed E-state index contributed by atoms with van der Waals surface area (Å²) in [6, 6.07) is -0.487. The third-order valence-electron chi connectivity index (χ3n) is 4.79. The Morgan fingerprint density at radius 1 is 1.32 bits per heavy atom. The Kier molecular flexibility index (Phi) is 2.76. The van der Waals surface area contributed by atoms with E-state index in [0.29, 0.717) is 18.8 Å². The zero-order valence-electron chi connectivity index (χ0n) is 10.6. The molecule has 3 atom stereocenters. The minimum atomic E-state index is -0.977. The Morgan fingerprint density at radius 3 is 2.47 bits per heavy atom. The number of urea groups is 1. The van der Waals surface area contributed by atoms with Crippen molar-refractivity contribution in [2.45, 2.75) is 44.1 Å². The highest BCUT2D eigenvalue weighted by Crippen LogP contribution is 2.51. The molecule has 3 N–H and O–H groups in total. The van der Waals surface area contributed by atoms with Crippen molar-refractivity contribution in [3.05, 3.63) is 0 Å². The molecule has 3 rings (SSSR count). The fraction of sp³-hybridized carbons (Fsp3) is 0.769. The van der Waals surface area contributed by atoms with E-state index in [1.807, 2.05) is 0 Å². The molecule has 3 aliphatic rings. The molecule has 1 saturated heterocycles. The fourth-order valence-electron chi connectivity index (χ4n) is 3.74. The topological polar surface area (TPSA) is 95.5 Å². The number of nitrogens with one attached hydrogen (secondary N) is 2. The van der Waals surface area contributed by atoms with Crippen molar-refractivity contribution in [1.29, 1.82) is 0 Å². The summed E-state index contributed by atoms with van der Waals surface area (Å²) in [5, 5.41) is 14.1. The lowest BCUT2D eigenvalue weighted by molar-refractivity contribution is -0.139. The first kappa shape index (κ1) is 12.4. The van der Waals surface area contributed by atoms with Crippen molar-refractivity contribution >= 4 is 17.9 Å². The van der Waals surface area contributed by atoms with Gasteiger partial charge in [-0.05, 0) is 18.8 Å². The highest BCUT2D eigenvalue weighted by molar-refractivity contribution is 6.07. The van der Waals surface area contributed by atoms with Gasteiger partial charge in [-0.2, -0.15) is 0 Å². The first-order chi connectivity index (χ1) is 9.03. The fourth-order valence-corrected chi connectivity index (χ4v) is 3.74. The molecule has 0 bridgehead atoms. The Balaban J connectivity index is 1.81. The zero-order chi connectivity index (χ0) is 13.6. The predicted molar refractivity (Wildman–Crippen MR) is 65.2 cm³/mol. The van der Waals surface area contributed by atoms with Crippen LogP contribution in [0.1, 0.15) is 38.5 Å². The minimum Gasteiger partial charge on any atom is -0.481 e. The van der Waals surface area contributed by atoms with E-state index in [1.165, 1.54) is 0 Å². The van der Waals surface area contributed by atoms with Crippen molar-refractivity contribution < 1.29 is 19.5 Å². The van der Waals surface area contributed by atoms with Gasteiger partial charge in [-0.3, -0.25) is 14.9 Å². The maximum absolute atomic E-state index is 12.2. The van der Waals surface area contributed by atoms with E-state index in [1.54, 1.807) is 0 Å². The highest BCUT2D eigenvalue weighted by atomic mass is 16.4. The van der Waals surface area contributed by atoms with Crippen LogP contribution in [0.2, 0.25) is 0 Å². The van der Waals surface area contributed by atoms with Crippen LogP contribution in [0.25, 0.3) is 0 Å². The van der Waals surface area contributed by atoms with E-state index >= 15 is 0 Å². The summed E-state index contributed by atoms with van der Waals surface area (Å²) in [6.07, 6.45) is 5.51. The second-order valence-electron chi connectivity index (χ2n) is 6.02. The number of imide groups is 1. The van der Waals surface area contributed by atoms with Crippen molar-refractivity contribution in [3.63, 3.8) is 0 Å². The molecule has 0 radical (unpaired) electrons. The van der Waals surface area contributed by atoms with Gasteiger partial charge in [0.05, 0.1) is 5.92 Å². The van der Waals surface area contributed by atoms with Crippen molar-refractivity contribution in [2.75, 3.05) is 0 Å². The van der Waals surface area contributed by atoms with Gasteiger partial charge in [0.25, 0.3) is 5.91 Å². The summed E-state index contributed by atoms with van der Waals surface area (Å²) in [6.45, 7) is 0. The van der Waals surface area contributed by atoms with Gasteiger partial charge < -0.3 is 10.4 Å². The third kappa shape index (κ3) is 1.99. The maximum Gasteiger partial charge on any atom is 0.322 e. The molecule has 0 spiro atoms. The van der Waals surface area contributed by atoms with E-state index < -0.39 is 23.5 Å². The van der Waals surface area contributed by atoms with Crippen molar-refractivity contribution in [2.24, 2.45) is 17.8 Å². The van der Waals surface area contributed by atoms with Gasteiger partial charge >= 0.3 is 12.0 Å². The SMILES string of the molecule is O=C1NC(=O)C(CC2CCCC2)(C2CC2C(=O)O)N1. The number of hydrogen-bond donors (Lipinski definition) is 3. The average Bonchev–Trinajstić information content (AvgIpc) is 2.91. The van der Waals surface area contributed by atoms with Crippen LogP contribution in [0.15, 0.2) is 0 Å². The number of amides is 3. The van der Waals surface area contributed by atoms with Crippen LogP contribution in [0.5, 0.6) is 0 Å². The molecular formula is C13H18N2O4. The van der Waals surface area contributed by atoms with E-state index in [2.05, 4.69) is 10.6 Å². The zero-order valence-corrected chi connectivity index (χ0v) is 10.6. The summed E-state index contributed by atoms with van der Waals surface area (Å²) in [5.74, 6) is -1.54. The molecule has 104 valence electrons. The number of rotatable bonds is 4. The summed E-state index contributed by atoms with van der Waals surface area (Å²) >= 11 is 0. The van der Waals surface area contributed by atoms with E-state index in [9.17, 15) is 14.4 Å². The minimum absolute atomic E-state index is 0.253. The summed E-state index contributed by atoms with van der Waals surface area (Å²) in [7, 11) is 0. The number of carbonyl (C=O) groups excluding carboxylic acids is 2. The molecule has 0 aromatic heterocycles. The summed E-state index contributed by atoms with van der Waals surface area (Å²) in [5.41, 5.74) is -0.977. The number of carboxylic acid groups (broad SMARTS) is 1. The van der Waals surface area contributed by atoms with Crippen molar-refractivity contribution in [1.82, 2.24) is 10.6 Å². The molecule has 19 heavy (non-hydrogen) atoms. The molecule has 0 aromatic carbocycles. The second kappa shape index (κ2) is 4.21. The molecule has 6 heteroatoms. The van der Waals surface area contributed by atoms with Gasteiger partial charge in [-0.15, -0.1) is 0 Å². The van der Waals surface area contributed by atoms with Gasteiger partial charge in [0.15, 0.2) is 0 Å². The molecule has 2 aliphatic carbocycles. The largest absolute Gasteiger partial charge is 0.481 e. The van der Waals surface area contributed by atoms with E-state index in [0.717, 1.165) is 25.7 Å². The molecule has 3 fully saturated rings. The normalized spacial score (nSPS) is 38.1. The van der Waals surface area contributed by atoms with Gasteiger partial charge in [0.1, 0.15) is 5.54 Å². The third-order valence-corrected chi connectivity index (χ3v) is 4.79. The number of aliphatic carboxylic acids is 1. The predicted octanol–water partition coefficient (Wildman–Crippen LogP) is 0.866. The van der Waals surface area contributed by atoms with Crippen LogP contribution in [0, 0.1) is 17.8 Å². The van der Waals surface area contributed by atoms with Crippen LogP contribution < -0.4 is 10.6 Å². The molecule has 1 aliphatic heterocycles. The number of carboxylic acids is 1.